The number of aromatic nitrogens is 3. The second-order valence-electron chi connectivity index (χ2n) is 5.98. The molecule has 1 atom stereocenters. The van der Waals surface area contributed by atoms with Crippen molar-refractivity contribution in [2.75, 3.05) is 7.05 Å². The molecule has 1 aromatic carbocycles. The number of rotatable bonds is 3. The van der Waals surface area contributed by atoms with Crippen LogP contribution in [0.2, 0.25) is 0 Å². The van der Waals surface area contributed by atoms with Gasteiger partial charge in [0.15, 0.2) is 5.96 Å². The van der Waals surface area contributed by atoms with E-state index in [-0.39, 0.29) is 18.4 Å². The third-order valence-corrected chi connectivity index (χ3v) is 4.15. The van der Waals surface area contributed by atoms with Crippen LogP contribution in [0.25, 0.3) is 0 Å². The van der Waals surface area contributed by atoms with Gasteiger partial charge in [-0.15, -0.1) is 0 Å². The molecule has 0 bridgehead atoms. The number of aliphatic imine (C=N–C) groups is 1. The first-order valence-electron chi connectivity index (χ1n) is 8.15. The van der Waals surface area contributed by atoms with Crippen LogP contribution in [-0.4, -0.2) is 33.8 Å². The van der Waals surface area contributed by atoms with E-state index in [4.69, 9.17) is 5.26 Å². The molecule has 130 valence electrons. The van der Waals surface area contributed by atoms with Gasteiger partial charge in [0.2, 0.25) is 0 Å². The van der Waals surface area contributed by atoms with Gasteiger partial charge in [0.25, 0.3) is 0 Å². The number of benzene rings is 1. The lowest BCUT2D eigenvalue weighted by atomic mass is 10.1. The Bertz CT molecular complexity index is 834. The van der Waals surface area contributed by atoms with E-state index in [9.17, 15) is 4.39 Å². The summed E-state index contributed by atoms with van der Waals surface area (Å²) in [6.45, 7) is 2.86. The lowest BCUT2D eigenvalue weighted by Gasteiger charge is -2.25. The number of hydrogen-bond acceptors (Lipinski definition) is 4. The standard InChI is InChI=1S/C17H20FN7/c1-11-22-16-6-4-14(10-25(16)24-11)23-17(20-2)21-9-13-7-12(8-19)3-5-15(13)18/h3,5,7,14H,4,6,9-10H2,1-2H3,(H2,20,21,23). The normalized spacial score (nSPS) is 16.9. The molecule has 7 nitrogen and oxygen atoms in total. The first kappa shape index (κ1) is 16.9. The second kappa shape index (κ2) is 7.30. The summed E-state index contributed by atoms with van der Waals surface area (Å²) < 4.78 is 15.8. The van der Waals surface area contributed by atoms with E-state index in [0.29, 0.717) is 17.1 Å². The van der Waals surface area contributed by atoms with Crippen molar-refractivity contribution in [2.24, 2.45) is 4.99 Å². The molecule has 0 spiro atoms. The van der Waals surface area contributed by atoms with Gasteiger partial charge in [0.05, 0.1) is 18.2 Å². The number of guanidine groups is 1. The Kier molecular flexibility index (Phi) is 4.93. The number of hydrogen-bond donors (Lipinski definition) is 2. The van der Waals surface area contributed by atoms with E-state index in [1.54, 1.807) is 13.1 Å². The molecule has 0 aliphatic carbocycles. The van der Waals surface area contributed by atoms with Crippen LogP contribution in [0.3, 0.4) is 0 Å². The molecule has 1 aromatic heterocycles. The third kappa shape index (κ3) is 3.94. The van der Waals surface area contributed by atoms with Crippen LogP contribution in [0.15, 0.2) is 23.2 Å². The van der Waals surface area contributed by atoms with Gasteiger partial charge in [0, 0.05) is 31.6 Å². The topological polar surface area (TPSA) is 90.9 Å². The maximum absolute atomic E-state index is 13.9. The highest BCUT2D eigenvalue weighted by Crippen LogP contribution is 2.13. The number of halogens is 1. The molecule has 8 heteroatoms. The molecule has 1 aliphatic heterocycles. The molecular weight excluding hydrogens is 321 g/mol. The molecule has 3 rings (SSSR count). The summed E-state index contributed by atoms with van der Waals surface area (Å²) in [4.78, 5) is 8.59. The van der Waals surface area contributed by atoms with E-state index < -0.39 is 0 Å². The number of nitriles is 1. The summed E-state index contributed by atoms with van der Waals surface area (Å²) >= 11 is 0. The minimum atomic E-state index is -0.345. The number of fused-ring (bicyclic) bond motifs is 1. The average molecular weight is 341 g/mol. The fourth-order valence-electron chi connectivity index (χ4n) is 2.90. The van der Waals surface area contributed by atoms with E-state index in [1.807, 2.05) is 17.7 Å². The smallest absolute Gasteiger partial charge is 0.191 e. The zero-order valence-electron chi connectivity index (χ0n) is 14.3. The summed E-state index contributed by atoms with van der Waals surface area (Å²) in [5.74, 6) is 2.04. The Morgan fingerprint density at radius 2 is 2.36 bits per heavy atom. The van der Waals surface area contributed by atoms with Crippen molar-refractivity contribution in [3.8, 4) is 6.07 Å². The van der Waals surface area contributed by atoms with Gasteiger partial charge >= 0.3 is 0 Å². The van der Waals surface area contributed by atoms with Crippen molar-refractivity contribution in [3.63, 3.8) is 0 Å². The lowest BCUT2D eigenvalue weighted by molar-refractivity contribution is 0.392. The van der Waals surface area contributed by atoms with Crippen molar-refractivity contribution in [1.29, 1.82) is 5.26 Å². The molecule has 0 radical (unpaired) electrons. The SMILES string of the molecule is CN=C(NCc1cc(C#N)ccc1F)NC1CCc2nc(C)nn2C1. The summed E-state index contributed by atoms with van der Waals surface area (Å²) in [7, 11) is 1.67. The minimum absolute atomic E-state index is 0.176. The number of aryl methyl sites for hydroxylation is 2. The van der Waals surface area contributed by atoms with Crippen LogP contribution in [0.5, 0.6) is 0 Å². The lowest BCUT2D eigenvalue weighted by Crippen LogP contribution is -2.46. The van der Waals surface area contributed by atoms with Gasteiger partial charge in [-0.3, -0.25) is 4.99 Å². The van der Waals surface area contributed by atoms with Crippen molar-refractivity contribution < 1.29 is 4.39 Å². The fourth-order valence-corrected chi connectivity index (χ4v) is 2.90. The van der Waals surface area contributed by atoms with Gasteiger partial charge in [-0.2, -0.15) is 10.4 Å². The molecule has 2 N–H and O–H groups in total. The maximum atomic E-state index is 13.9. The molecule has 25 heavy (non-hydrogen) atoms. The predicted octanol–water partition coefficient (Wildman–Crippen LogP) is 1.28. The summed E-state index contributed by atoms with van der Waals surface area (Å²) in [5, 5.41) is 19.8. The molecule has 2 heterocycles. The molecule has 2 aromatic rings. The Morgan fingerprint density at radius 3 is 3.12 bits per heavy atom. The molecule has 0 saturated carbocycles. The molecule has 0 fully saturated rings. The highest BCUT2D eigenvalue weighted by molar-refractivity contribution is 5.80. The predicted molar refractivity (Wildman–Crippen MR) is 91.3 cm³/mol. The molecule has 1 aliphatic rings. The van der Waals surface area contributed by atoms with Crippen LogP contribution in [-0.2, 0) is 19.5 Å². The summed E-state index contributed by atoms with van der Waals surface area (Å²) in [6.07, 6.45) is 1.78. The van der Waals surface area contributed by atoms with Crippen molar-refractivity contribution >= 4 is 5.96 Å². The van der Waals surface area contributed by atoms with Gasteiger partial charge < -0.3 is 10.6 Å². The Hall–Kier alpha value is -2.95. The van der Waals surface area contributed by atoms with Crippen LogP contribution < -0.4 is 10.6 Å². The Morgan fingerprint density at radius 1 is 1.52 bits per heavy atom. The highest BCUT2D eigenvalue weighted by atomic mass is 19.1. The molecule has 0 amide bonds. The Labute approximate surface area is 145 Å². The van der Waals surface area contributed by atoms with Crippen LogP contribution in [0.1, 0.15) is 29.2 Å². The minimum Gasteiger partial charge on any atom is -0.352 e. The molecule has 0 saturated heterocycles. The Balaban J connectivity index is 1.60. The molecular formula is C17H20FN7. The van der Waals surface area contributed by atoms with Crippen molar-refractivity contribution in [1.82, 2.24) is 25.4 Å². The van der Waals surface area contributed by atoms with Gasteiger partial charge in [0.1, 0.15) is 17.5 Å². The summed E-state index contributed by atoms with van der Waals surface area (Å²) in [5.41, 5.74) is 0.863. The van der Waals surface area contributed by atoms with Gasteiger partial charge in [-0.25, -0.2) is 14.1 Å². The van der Waals surface area contributed by atoms with Crippen LogP contribution in [0, 0.1) is 24.1 Å². The van der Waals surface area contributed by atoms with Crippen LogP contribution in [0.4, 0.5) is 4.39 Å². The third-order valence-electron chi connectivity index (χ3n) is 4.15. The van der Waals surface area contributed by atoms with E-state index in [2.05, 4.69) is 25.7 Å². The molecule has 1 unspecified atom stereocenters. The van der Waals surface area contributed by atoms with E-state index >= 15 is 0 Å². The highest BCUT2D eigenvalue weighted by Gasteiger charge is 2.21. The number of nitrogens with one attached hydrogen (secondary N) is 2. The average Bonchev–Trinajstić information content (AvgIpc) is 2.99. The monoisotopic (exact) mass is 341 g/mol. The fraction of sp³-hybridized carbons (Fsp3) is 0.412. The zero-order valence-corrected chi connectivity index (χ0v) is 14.3. The van der Waals surface area contributed by atoms with Crippen molar-refractivity contribution in [3.05, 3.63) is 46.8 Å². The van der Waals surface area contributed by atoms with Gasteiger partial charge in [-0.1, -0.05) is 0 Å². The van der Waals surface area contributed by atoms with E-state index in [1.165, 1.54) is 12.1 Å². The van der Waals surface area contributed by atoms with Gasteiger partial charge in [-0.05, 0) is 31.5 Å². The van der Waals surface area contributed by atoms with Crippen LogP contribution >= 0.6 is 0 Å². The number of nitrogens with zero attached hydrogens (tertiary/aromatic N) is 5. The first-order chi connectivity index (χ1) is 12.1. The summed E-state index contributed by atoms with van der Waals surface area (Å²) in [6, 6.07) is 6.51. The maximum Gasteiger partial charge on any atom is 0.191 e. The zero-order chi connectivity index (χ0) is 17.8. The largest absolute Gasteiger partial charge is 0.352 e. The van der Waals surface area contributed by atoms with E-state index in [0.717, 1.165) is 31.0 Å². The van der Waals surface area contributed by atoms with Crippen molar-refractivity contribution in [2.45, 2.75) is 38.9 Å². The first-order valence-corrected chi connectivity index (χ1v) is 8.15. The second-order valence-corrected chi connectivity index (χ2v) is 5.98. The quantitative estimate of drug-likeness (QED) is 0.648.